The zero-order valence-corrected chi connectivity index (χ0v) is 8.64. The van der Waals surface area contributed by atoms with E-state index in [9.17, 15) is 4.79 Å². The minimum atomic E-state index is 0. The molecule has 12 heavy (non-hydrogen) atoms. The van der Waals surface area contributed by atoms with E-state index in [1.807, 2.05) is 0 Å². The fraction of sp³-hybridized carbons (Fsp3) is 0.625. The first-order valence-corrected chi connectivity index (χ1v) is 3.83. The standard InChI is InChI=1S/C8H16N2O.ClH/c1-4-7-10(2,3)9-6-5-8-11;/h5-6,8H,4,7H2,1-3H3;1H. The van der Waals surface area contributed by atoms with Gasteiger partial charge in [-0.2, -0.15) is 0 Å². The molecule has 0 unspecified atom stereocenters. The van der Waals surface area contributed by atoms with Gasteiger partial charge in [-0.1, -0.05) is 6.92 Å². The number of aldehydes is 1. The number of allylic oxidation sites excluding steroid dienone is 1. The zero-order chi connectivity index (χ0) is 8.74. The summed E-state index contributed by atoms with van der Waals surface area (Å²) in [5, 5.41) is 0. The highest BCUT2D eigenvalue weighted by atomic mass is 35.5. The number of nitrogens with zero attached hydrogens (tertiary/aromatic N) is 1. The van der Waals surface area contributed by atoms with Crippen LogP contribution in [0.4, 0.5) is 0 Å². The molecule has 0 saturated heterocycles. The fourth-order valence-corrected chi connectivity index (χ4v) is 0.908. The number of carbonyl (C=O) groups is 1. The minimum Gasteiger partial charge on any atom is -1.00 e. The normalized spacial score (nSPS) is 10.9. The Morgan fingerprint density at radius 2 is 2.00 bits per heavy atom. The summed E-state index contributed by atoms with van der Waals surface area (Å²) in [6.45, 7) is 3.17. The molecular weight excluding hydrogens is 176 g/mol. The van der Waals surface area contributed by atoms with Gasteiger partial charge in [0, 0.05) is 0 Å². The molecule has 0 aliphatic heterocycles. The van der Waals surface area contributed by atoms with E-state index in [1.54, 1.807) is 6.20 Å². The highest BCUT2D eigenvalue weighted by molar-refractivity contribution is 5.64. The van der Waals surface area contributed by atoms with Crippen molar-refractivity contribution in [2.24, 2.45) is 0 Å². The lowest BCUT2D eigenvalue weighted by molar-refractivity contribution is -0.928. The van der Waals surface area contributed by atoms with Gasteiger partial charge in [0.2, 0.25) is 0 Å². The second kappa shape index (κ2) is 7.13. The Bertz CT molecular complexity index is 146. The number of hydrogen-bond donors (Lipinski definition) is 1. The Balaban J connectivity index is 0. The van der Waals surface area contributed by atoms with Crippen molar-refractivity contribution in [3.8, 4) is 0 Å². The highest BCUT2D eigenvalue weighted by Gasteiger charge is 2.09. The third-order valence-electron chi connectivity index (χ3n) is 1.38. The molecule has 0 amide bonds. The Morgan fingerprint density at radius 3 is 2.42 bits per heavy atom. The van der Waals surface area contributed by atoms with Crippen LogP contribution in [0.2, 0.25) is 0 Å². The molecule has 72 valence electrons. The predicted octanol–water partition coefficient (Wildman–Crippen LogP) is -2.31. The summed E-state index contributed by atoms with van der Waals surface area (Å²) in [7, 11) is 4.11. The van der Waals surface area contributed by atoms with Gasteiger partial charge in [-0.05, 0) is 12.5 Å². The lowest BCUT2D eigenvalue weighted by Crippen LogP contribution is -3.00. The first-order valence-electron chi connectivity index (χ1n) is 3.83. The van der Waals surface area contributed by atoms with Crippen LogP contribution in [0.15, 0.2) is 12.3 Å². The van der Waals surface area contributed by atoms with Gasteiger partial charge in [0.25, 0.3) is 0 Å². The molecule has 0 heterocycles. The Hall–Kier alpha value is -0.540. The molecule has 0 aromatic heterocycles. The summed E-state index contributed by atoms with van der Waals surface area (Å²) >= 11 is 0. The molecule has 1 N–H and O–H groups in total. The van der Waals surface area contributed by atoms with E-state index in [-0.39, 0.29) is 12.4 Å². The lowest BCUT2D eigenvalue weighted by Gasteiger charge is -2.27. The topological polar surface area (TPSA) is 29.1 Å². The zero-order valence-electron chi connectivity index (χ0n) is 7.88. The second-order valence-corrected chi connectivity index (χ2v) is 3.03. The maximum absolute atomic E-state index is 9.91. The molecule has 0 radical (unpaired) electrons. The van der Waals surface area contributed by atoms with E-state index in [0.717, 1.165) is 19.3 Å². The molecule has 0 aliphatic rings. The number of halogens is 1. The predicted molar refractivity (Wildman–Crippen MR) is 45.6 cm³/mol. The molecule has 0 aromatic rings. The average molecular weight is 193 g/mol. The first-order chi connectivity index (χ1) is 5.12. The van der Waals surface area contributed by atoms with E-state index in [1.165, 1.54) is 6.08 Å². The van der Waals surface area contributed by atoms with Crippen molar-refractivity contribution < 1.29 is 21.8 Å². The van der Waals surface area contributed by atoms with Gasteiger partial charge in [0.05, 0.1) is 20.3 Å². The van der Waals surface area contributed by atoms with Crippen molar-refractivity contribution in [2.45, 2.75) is 13.3 Å². The van der Waals surface area contributed by atoms with Crippen molar-refractivity contribution in [3.63, 3.8) is 0 Å². The van der Waals surface area contributed by atoms with Gasteiger partial charge >= 0.3 is 0 Å². The van der Waals surface area contributed by atoms with Gasteiger partial charge in [-0.15, -0.1) is 0 Å². The summed E-state index contributed by atoms with van der Waals surface area (Å²) in [6, 6.07) is 0. The van der Waals surface area contributed by atoms with Gasteiger partial charge in [-0.25, -0.2) is 10.0 Å². The van der Waals surface area contributed by atoms with Gasteiger partial charge in [0.1, 0.15) is 12.8 Å². The molecule has 0 saturated carbocycles. The van der Waals surface area contributed by atoms with Crippen LogP contribution in [0, 0.1) is 0 Å². The summed E-state index contributed by atoms with van der Waals surface area (Å²) < 4.78 is 0.709. The third kappa shape index (κ3) is 7.57. The number of hydrogen-bond acceptors (Lipinski definition) is 2. The first kappa shape index (κ1) is 14.0. The van der Waals surface area contributed by atoms with Crippen LogP contribution < -0.4 is 17.8 Å². The Kier molecular flexibility index (Phi) is 8.32. The third-order valence-corrected chi connectivity index (χ3v) is 1.38. The number of nitrogens with one attached hydrogen (secondary N) is 1. The maximum atomic E-state index is 9.91. The summed E-state index contributed by atoms with van der Waals surface area (Å²) in [4.78, 5) is 9.91. The number of carbonyl (C=O) groups excluding carboxylic acids is 1. The Morgan fingerprint density at radius 1 is 1.42 bits per heavy atom. The van der Waals surface area contributed by atoms with Crippen molar-refractivity contribution in [1.82, 2.24) is 5.43 Å². The molecule has 0 rings (SSSR count). The van der Waals surface area contributed by atoms with Crippen molar-refractivity contribution in [3.05, 3.63) is 12.3 Å². The fourth-order valence-electron chi connectivity index (χ4n) is 0.908. The van der Waals surface area contributed by atoms with Crippen LogP contribution in [0.3, 0.4) is 0 Å². The monoisotopic (exact) mass is 192 g/mol. The van der Waals surface area contributed by atoms with E-state index < -0.39 is 0 Å². The minimum absolute atomic E-state index is 0. The molecule has 3 nitrogen and oxygen atoms in total. The van der Waals surface area contributed by atoms with Gasteiger partial charge in [-0.3, -0.25) is 4.79 Å². The van der Waals surface area contributed by atoms with Crippen LogP contribution in [0.25, 0.3) is 0 Å². The summed E-state index contributed by atoms with van der Waals surface area (Å²) in [5.41, 5.74) is 3.09. The van der Waals surface area contributed by atoms with E-state index in [0.29, 0.717) is 4.59 Å². The number of rotatable bonds is 5. The Labute approximate surface area is 80.4 Å². The van der Waals surface area contributed by atoms with Crippen molar-refractivity contribution in [1.29, 1.82) is 0 Å². The van der Waals surface area contributed by atoms with Crippen LogP contribution in [0.1, 0.15) is 13.3 Å². The van der Waals surface area contributed by atoms with Crippen LogP contribution in [-0.4, -0.2) is 31.5 Å². The van der Waals surface area contributed by atoms with Crippen LogP contribution in [0.5, 0.6) is 0 Å². The smallest absolute Gasteiger partial charge is 0.144 e. The molecule has 0 spiro atoms. The summed E-state index contributed by atoms with van der Waals surface area (Å²) in [5.74, 6) is 0. The SMILES string of the molecule is CCC[N+](C)(C)NC=CC=O.[Cl-]. The lowest BCUT2D eigenvalue weighted by atomic mass is 10.4. The maximum Gasteiger partial charge on any atom is 0.144 e. The largest absolute Gasteiger partial charge is 1.00 e. The van der Waals surface area contributed by atoms with Crippen LogP contribution in [-0.2, 0) is 4.79 Å². The molecular formula is C8H17ClN2O. The van der Waals surface area contributed by atoms with Crippen molar-refractivity contribution in [2.75, 3.05) is 20.6 Å². The van der Waals surface area contributed by atoms with Gasteiger partial charge < -0.3 is 12.4 Å². The quantitative estimate of drug-likeness (QED) is 0.230. The van der Waals surface area contributed by atoms with E-state index in [2.05, 4.69) is 26.4 Å². The second-order valence-electron chi connectivity index (χ2n) is 3.03. The molecule has 0 aromatic carbocycles. The molecule has 0 atom stereocenters. The van der Waals surface area contributed by atoms with E-state index in [4.69, 9.17) is 0 Å². The molecule has 0 aliphatic carbocycles. The number of quaternary nitrogens is 1. The van der Waals surface area contributed by atoms with E-state index >= 15 is 0 Å². The molecule has 4 heteroatoms. The molecule has 0 bridgehead atoms. The summed E-state index contributed by atoms with van der Waals surface area (Å²) in [6.07, 6.45) is 5.01. The van der Waals surface area contributed by atoms with Crippen LogP contribution >= 0.6 is 0 Å². The van der Waals surface area contributed by atoms with Crippen molar-refractivity contribution >= 4 is 6.29 Å². The highest BCUT2D eigenvalue weighted by Crippen LogP contribution is 1.92. The average Bonchev–Trinajstić information content (AvgIpc) is 1.87. The molecule has 0 fully saturated rings. The van der Waals surface area contributed by atoms with Gasteiger partial charge in [0.15, 0.2) is 0 Å².